The standard InChI is InChI=1S/C19H21N5O4/c1-25-12-5-7-14(16(9-12)27-3)21-18-11-20-24-19(23-18)22-15-8-6-13(26-2)10-17(15)28-4/h5-11H,1-4H3,(H2,21,22,23,24). The minimum Gasteiger partial charge on any atom is -0.497 e. The van der Waals surface area contributed by atoms with E-state index in [2.05, 4.69) is 25.8 Å². The number of aromatic nitrogens is 3. The van der Waals surface area contributed by atoms with Gasteiger partial charge in [0, 0.05) is 12.1 Å². The van der Waals surface area contributed by atoms with E-state index in [1.165, 1.54) is 6.20 Å². The quantitative estimate of drug-likeness (QED) is 0.606. The van der Waals surface area contributed by atoms with Gasteiger partial charge in [0.15, 0.2) is 5.82 Å². The first-order chi connectivity index (χ1) is 13.7. The Balaban J connectivity index is 1.82. The van der Waals surface area contributed by atoms with Crippen LogP contribution < -0.4 is 29.6 Å². The predicted molar refractivity (Wildman–Crippen MR) is 105 cm³/mol. The molecule has 3 rings (SSSR count). The van der Waals surface area contributed by atoms with Crippen LogP contribution in [0.4, 0.5) is 23.1 Å². The van der Waals surface area contributed by atoms with Crippen molar-refractivity contribution in [1.82, 2.24) is 15.2 Å². The summed E-state index contributed by atoms with van der Waals surface area (Å²) in [6, 6.07) is 10.8. The Morgan fingerprint density at radius 3 is 1.82 bits per heavy atom. The third kappa shape index (κ3) is 4.32. The topological polar surface area (TPSA) is 99.7 Å². The highest BCUT2D eigenvalue weighted by molar-refractivity contribution is 5.67. The second-order valence-corrected chi connectivity index (χ2v) is 5.55. The van der Waals surface area contributed by atoms with E-state index in [1.54, 1.807) is 40.6 Å². The van der Waals surface area contributed by atoms with Crippen molar-refractivity contribution in [1.29, 1.82) is 0 Å². The van der Waals surface area contributed by atoms with E-state index in [0.717, 1.165) is 5.69 Å². The van der Waals surface area contributed by atoms with Crippen LogP contribution >= 0.6 is 0 Å². The molecule has 2 N–H and O–H groups in total. The van der Waals surface area contributed by atoms with Crippen LogP contribution in [0.5, 0.6) is 23.0 Å². The number of ether oxygens (including phenoxy) is 4. The van der Waals surface area contributed by atoms with E-state index in [-0.39, 0.29) is 0 Å². The molecule has 0 unspecified atom stereocenters. The molecule has 0 aliphatic carbocycles. The Labute approximate surface area is 162 Å². The van der Waals surface area contributed by atoms with Crippen LogP contribution in [0.1, 0.15) is 0 Å². The van der Waals surface area contributed by atoms with Crippen LogP contribution in [0.2, 0.25) is 0 Å². The van der Waals surface area contributed by atoms with Gasteiger partial charge in [0.2, 0.25) is 5.95 Å². The SMILES string of the molecule is COc1ccc(Nc2cnnc(Nc3ccc(OC)cc3OC)n2)c(OC)c1. The van der Waals surface area contributed by atoms with Crippen molar-refractivity contribution in [3.8, 4) is 23.0 Å². The molecule has 0 aliphatic rings. The van der Waals surface area contributed by atoms with Crippen LogP contribution in [0.3, 0.4) is 0 Å². The molecule has 0 aliphatic heterocycles. The summed E-state index contributed by atoms with van der Waals surface area (Å²) in [5.41, 5.74) is 1.40. The van der Waals surface area contributed by atoms with Gasteiger partial charge in [-0.05, 0) is 24.3 Å². The van der Waals surface area contributed by atoms with Crippen molar-refractivity contribution in [3.05, 3.63) is 42.6 Å². The molecule has 0 amide bonds. The van der Waals surface area contributed by atoms with Crippen LogP contribution in [0.15, 0.2) is 42.6 Å². The first-order valence-corrected chi connectivity index (χ1v) is 8.34. The Hall–Kier alpha value is -3.75. The molecule has 0 saturated carbocycles. The van der Waals surface area contributed by atoms with Gasteiger partial charge >= 0.3 is 0 Å². The smallest absolute Gasteiger partial charge is 0.249 e. The normalized spacial score (nSPS) is 10.1. The molecule has 28 heavy (non-hydrogen) atoms. The van der Waals surface area contributed by atoms with E-state index in [4.69, 9.17) is 18.9 Å². The Morgan fingerprint density at radius 1 is 0.714 bits per heavy atom. The molecule has 9 nitrogen and oxygen atoms in total. The van der Waals surface area contributed by atoms with Gasteiger partial charge in [-0.25, -0.2) is 0 Å². The lowest BCUT2D eigenvalue weighted by Crippen LogP contribution is -2.04. The highest BCUT2D eigenvalue weighted by Crippen LogP contribution is 2.32. The van der Waals surface area contributed by atoms with E-state index in [9.17, 15) is 0 Å². The molecule has 0 bridgehead atoms. The maximum absolute atomic E-state index is 5.39. The number of hydrogen-bond acceptors (Lipinski definition) is 9. The number of hydrogen-bond donors (Lipinski definition) is 2. The van der Waals surface area contributed by atoms with E-state index < -0.39 is 0 Å². The summed E-state index contributed by atoms with van der Waals surface area (Å²) in [5.74, 6) is 3.39. The molecule has 3 aromatic rings. The number of methoxy groups -OCH3 is 4. The number of anilines is 4. The average Bonchev–Trinajstić information content (AvgIpc) is 2.74. The van der Waals surface area contributed by atoms with Crippen molar-refractivity contribution in [2.45, 2.75) is 0 Å². The fourth-order valence-corrected chi connectivity index (χ4v) is 2.48. The molecule has 0 saturated heterocycles. The van der Waals surface area contributed by atoms with Gasteiger partial charge in [-0.3, -0.25) is 0 Å². The number of nitrogens with one attached hydrogen (secondary N) is 2. The molecule has 0 radical (unpaired) electrons. The van der Waals surface area contributed by atoms with Crippen molar-refractivity contribution >= 4 is 23.1 Å². The molecule has 9 heteroatoms. The molecule has 1 aromatic heterocycles. The Morgan fingerprint density at radius 2 is 1.29 bits per heavy atom. The Kier molecular flexibility index (Phi) is 5.95. The van der Waals surface area contributed by atoms with Crippen LogP contribution in [0.25, 0.3) is 0 Å². The predicted octanol–water partition coefficient (Wildman–Crippen LogP) is 3.39. The minimum absolute atomic E-state index is 0.306. The van der Waals surface area contributed by atoms with Crippen molar-refractivity contribution in [2.75, 3.05) is 39.1 Å². The molecular weight excluding hydrogens is 362 g/mol. The van der Waals surface area contributed by atoms with Crippen molar-refractivity contribution in [3.63, 3.8) is 0 Å². The molecule has 0 spiro atoms. The monoisotopic (exact) mass is 383 g/mol. The number of benzene rings is 2. The molecular formula is C19H21N5O4. The summed E-state index contributed by atoms with van der Waals surface area (Å²) in [7, 11) is 6.35. The van der Waals surface area contributed by atoms with Crippen molar-refractivity contribution < 1.29 is 18.9 Å². The van der Waals surface area contributed by atoms with E-state index in [1.807, 2.05) is 24.3 Å². The summed E-state index contributed by atoms with van der Waals surface area (Å²) in [5, 5.41) is 14.3. The lowest BCUT2D eigenvalue weighted by molar-refractivity contribution is 0.395. The highest BCUT2D eigenvalue weighted by Gasteiger charge is 2.10. The van der Waals surface area contributed by atoms with Gasteiger partial charge in [-0.2, -0.15) is 10.1 Å². The maximum Gasteiger partial charge on any atom is 0.249 e. The fraction of sp³-hybridized carbons (Fsp3) is 0.211. The third-order valence-electron chi connectivity index (χ3n) is 3.89. The molecule has 0 fully saturated rings. The zero-order valence-electron chi connectivity index (χ0n) is 16.0. The molecule has 1 heterocycles. The zero-order chi connectivity index (χ0) is 19.9. The average molecular weight is 383 g/mol. The number of rotatable bonds is 8. The summed E-state index contributed by atoms with van der Waals surface area (Å²) in [6.07, 6.45) is 1.51. The van der Waals surface area contributed by atoms with Crippen LogP contribution in [-0.2, 0) is 0 Å². The van der Waals surface area contributed by atoms with Gasteiger partial charge in [0.25, 0.3) is 0 Å². The van der Waals surface area contributed by atoms with E-state index in [0.29, 0.717) is 40.5 Å². The van der Waals surface area contributed by atoms with Gasteiger partial charge in [-0.15, -0.1) is 5.10 Å². The van der Waals surface area contributed by atoms with Gasteiger partial charge in [0.05, 0.1) is 46.0 Å². The minimum atomic E-state index is 0.306. The summed E-state index contributed by atoms with van der Waals surface area (Å²) in [4.78, 5) is 4.43. The second-order valence-electron chi connectivity index (χ2n) is 5.55. The van der Waals surface area contributed by atoms with Crippen LogP contribution in [0, 0.1) is 0 Å². The van der Waals surface area contributed by atoms with Gasteiger partial charge in [0.1, 0.15) is 23.0 Å². The summed E-state index contributed by atoms with van der Waals surface area (Å²) in [6.45, 7) is 0. The van der Waals surface area contributed by atoms with Crippen LogP contribution in [-0.4, -0.2) is 43.6 Å². The van der Waals surface area contributed by atoms with Gasteiger partial charge < -0.3 is 29.6 Å². The molecule has 146 valence electrons. The maximum atomic E-state index is 5.39. The lowest BCUT2D eigenvalue weighted by atomic mass is 10.2. The zero-order valence-corrected chi connectivity index (χ0v) is 16.0. The second kappa shape index (κ2) is 8.76. The Bertz CT molecular complexity index is 879. The lowest BCUT2D eigenvalue weighted by Gasteiger charge is -2.13. The first kappa shape index (κ1) is 19.0. The summed E-state index contributed by atoms with van der Waals surface area (Å²) < 4.78 is 21.2. The molecule has 0 atom stereocenters. The largest absolute Gasteiger partial charge is 0.497 e. The summed E-state index contributed by atoms with van der Waals surface area (Å²) >= 11 is 0. The fourth-order valence-electron chi connectivity index (χ4n) is 2.48. The number of nitrogens with zero attached hydrogens (tertiary/aromatic N) is 3. The first-order valence-electron chi connectivity index (χ1n) is 8.34. The van der Waals surface area contributed by atoms with E-state index >= 15 is 0 Å². The van der Waals surface area contributed by atoms with Crippen molar-refractivity contribution in [2.24, 2.45) is 0 Å². The molecule has 2 aromatic carbocycles. The van der Waals surface area contributed by atoms with Gasteiger partial charge in [-0.1, -0.05) is 0 Å². The highest BCUT2D eigenvalue weighted by atomic mass is 16.5. The third-order valence-corrected chi connectivity index (χ3v) is 3.89.